The number of nitrogens with one attached hydrogen (secondary N) is 1. The second kappa shape index (κ2) is 10.5. The topological polar surface area (TPSA) is 92.2 Å². The van der Waals surface area contributed by atoms with E-state index >= 15 is 0 Å². The fraction of sp³-hybridized carbons (Fsp3) is 0.200. The fourth-order valence-corrected chi connectivity index (χ4v) is 3.85. The summed E-state index contributed by atoms with van der Waals surface area (Å²) in [6.07, 6.45) is 3.74. The van der Waals surface area contributed by atoms with Crippen molar-refractivity contribution in [3.05, 3.63) is 108 Å². The third-order valence-electron chi connectivity index (χ3n) is 6.03. The summed E-state index contributed by atoms with van der Waals surface area (Å²) in [5.41, 5.74) is 5.10. The first-order valence-corrected chi connectivity index (χ1v) is 11.8. The minimum Gasteiger partial charge on any atom is -0.480 e. The molecule has 0 saturated heterocycles. The van der Waals surface area contributed by atoms with Crippen LogP contribution in [0.25, 0.3) is 22.5 Å². The first-order chi connectivity index (χ1) is 17.2. The summed E-state index contributed by atoms with van der Waals surface area (Å²) in [7, 11) is 0. The van der Waals surface area contributed by atoms with Gasteiger partial charge in [0.25, 0.3) is 5.91 Å². The largest absolute Gasteiger partial charge is 0.480 e. The number of nitrogens with zero attached hydrogens (tertiary/aromatic N) is 2. The van der Waals surface area contributed by atoms with Gasteiger partial charge in [-0.05, 0) is 34.2 Å². The molecule has 3 aromatic carbocycles. The van der Waals surface area contributed by atoms with E-state index in [1.165, 1.54) is 0 Å². The standard InChI is InChI=1S/C30H29N3O3/c1-30(2,3)25-15-13-23(14-16-25)28(34)33-26(29(35)36)17-20-9-11-22(12-10-20)27-31-18-24(19-32-27)21-7-5-4-6-8-21/h4-16,18-19,26H,17H2,1-3H3,(H,33,34)(H,35,36)/t26-/m0/s1. The molecule has 0 saturated carbocycles. The second-order valence-electron chi connectivity index (χ2n) is 9.75. The van der Waals surface area contributed by atoms with Gasteiger partial charge in [-0.3, -0.25) is 4.79 Å². The van der Waals surface area contributed by atoms with Gasteiger partial charge < -0.3 is 10.4 Å². The number of hydrogen-bond acceptors (Lipinski definition) is 4. The lowest BCUT2D eigenvalue weighted by molar-refractivity contribution is -0.139. The van der Waals surface area contributed by atoms with Gasteiger partial charge in [-0.25, -0.2) is 14.8 Å². The highest BCUT2D eigenvalue weighted by molar-refractivity contribution is 5.96. The molecule has 2 N–H and O–H groups in total. The summed E-state index contributed by atoms with van der Waals surface area (Å²) in [6, 6.07) is 23.5. The van der Waals surface area contributed by atoms with Crippen LogP contribution < -0.4 is 5.32 Å². The lowest BCUT2D eigenvalue weighted by Crippen LogP contribution is -2.42. The van der Waals surface area contributed by atoms with Crippen LogP contribution in [0.3, 0.4) is 0 Å². The van der Waals surface area contributed by atoms with E-state index in [0.717, 1.165) is 27.8 Å². The van der Waals surface area contributed by atoms with Crippen molar-refractivity contribution in [1.29, 1.82) is 0 Å². The smallest absolute Gasteiger partial charge is 0.326 e. The van der Waals surface area contributed by atoms with Gasteiger partial charge in [0.15, 0.2) is 5.82 Å². The Morgan fingerprint density at radius 3 is 1.97 bits per heavy atom. The Hall–Kier alpha value is -4.32. The summed E-state index contributed by atoms with van der Waals surface area (Å²) in [4.78, 5) is 33.5. The molecule has 0 spiro atoms. The molecular weight excluding hydrogens is 450 g/mol. The van der Waals surface area contributed by atoms with Crippen molar-refractivity contribution in [3.8, 4) is 22.5 Å². The molecule has 1 aromatic heterocycles. The first kappa shape index (κ1) is 24.8. The summed E-state index contributed by atoms with van der Waals surface area (Å²) in [5, 5.41) is 12.3. The van der Waals surface area contributed by atoms with Crippen LogP contribution in [0.15, 0.2) is 91.3 Å². The molecule has 0 aliphatic heterocycles. The quantitative estimate of drug-likeness (QED) is 0.363. The molecule has 0 bridgehead atoms. The van der Waals surface area contributed by atoms with Crippen molar-refractivity contribution in [2.75, 3.05) is 0 Å². The Bertz CT molecular complexity index is 1330. The van der Waals surface area contributed by atoms with E-state index in [4.69, 9.17) is 0 Å². The van der Waals surface area contributed by atoms with Crippen LogP contribution in [0, 0.1) is 0 Å². The SMILES string of the molecule is CC(C)(C)c1ccc(C(=O)N[C@@H](Cc2ccc(-c3ncc(-c4ccccc4)cn3)cc2)C(=O)O)cc1. The van der Waals surface area contributed by atoms with Crippen molar-refractivity contribution in [2.45, 2.75) is 38.6 Å². The van der Waals surface area contributed by atoms with E-state index < -0.39 is 17.9 Å². The minimum absolute atomic E-state index is 0.0280. The molecule has 0 radical (unpaired) electrons. The highest BCUT2D eigenvalue weighted by Crippen LogP contribution is 2.23. The monoisotopic (exact) mass is 479 g/mol. The molecule has 4 aromatic rings. The molecule has 182 valence electrons. The van der Waals surface area contributed by atoms with E-state index in [0.29, 0.717) is 11.4 Å². The van der Waals surface area contributed by atoms with Crippen LogP contribution in [-0.4, -0.2) is 33.0 Å². The van der Waals surface area contributed by atoms with E-state index in [9.17, 15) is 14.7 Å². The molecule has 0 unspecified atom stereocenters. The number of aliphatic carboxylic acids is 1. The number of rotatable bonds is 7. The second-order valence-corrected chi connectivity index (χ2v) is 9.75. The van der Waals surface area contributed by atoms with Gasteiger partial charge in [0.2, 0.25) is 0 Å². The van der Waals surface area contributed by atoms with E-state index in [2.05, 4.69) is 36.1 Å². The van der Waals surface area contributed by atoms with Crippen molar-refractivity contribution >= 4 is 11.9 Å². The number of carboxylic acids is 1. The van der Waals surface area contributed by atoms with Crippen molar-refractivity contribution in [2.24, 2.45) is 0 Å². The van der Waals surface area contributed by atoms with Crippen LogP contribution in [0.2, 0.25) is 0 Å². The number of amides is 1. The highest BCUT2D eigenvalue weighted by atomic mass is 16.4. The predicted octanol–water partition coefficient (Wildman–Crippen LogP) is 5.53. The predicted molar refractivity (Wildman–Crippen MR) is 141 cm³/mol. The number of aromatic nitrogens is 2. The summed E-state index contributed by atoms with van der Waals surface area (Å²) < 4.78 is 0. The minimum atomic E-state index is -1.08. The van der Waals surface area contributed by atoms with E-state index in [1.54, 1.807) is 24.5 Å². The molecular formula is C30H29N3O3. The van der Waals surface area contributed by atoms with Crippen molar-refractivity contribution < 1.29 is 14.7 Å². The van der Waals surface area contributed by atoms with Crippen molar-refractivity contribution in [1.82, 2.24) is 15.3 Å². The van der Waals surface area contributed by atoms with Gasteiger partial charge in [-0.2, -0.15) is 0 Å². The Morgan fingerprint density at radius 2 is 1.42 bits per heavy atom. The summed E-state index contributed by atoms with van der Waals surface area (Å²) in [5.74, 6) is -0.909. The third kappa shape index (κ3) is 6.02. The highest BCUT2D eigenvalue weighted by Gasteiger charge is 2.22. The average molecular weight is 480 g/mol. The number of benzene rings is 3. The molecule has 1 atom stereocenters. The van der Waals surface area contributed by atoms with Gasteiger partial charge >= 0.3 is 5.97 Å². The molecule has 4 rings (SSSR count). The first-order valence-electron chi connectivity index (χ1n) is 11.8. The molecule has 6 heteroatoms. The van der Waals surface area contributed by atoms with Gasteiger partial charge in [-0.15, -0.1) is 0 Å². The Labute approximate surface area is 211 Å². The van der Waals surface area contributed by atoms with Gasteiger partial charge in [0.05, 0.1) is 0 Å². The number of carboxylic acid groups (broad SMARTS) is 1. The molecule has 6 nitrogen and oxygen atoms in total. The number of carbonyl (C=O) groups excluding carboxylic acids is 1. The molecule has 1 heterocycles. The molecule has 1 amide bonds. The lowest BCUT2D eigenvalue weighted by Gasteiger charge is -2.19. The van der Waals surface area contributed by atoms with Crippen LogP contribution in [-0.2, 0) is 16.6 Å². The molecule has 0 aliphatic rings. The third-order valence-corrected chi connectivity index (χ3v) is 6.03. The normalized spacial score (nSPS) is 12.1. The van der Waals surface area contributed by atoms with Gasteiger partial charge in [-0.1, -0.05) is 87.5 Å². The number of carbonyl (C=O) groups is 2. The van der Waals surface area contributed by atoms with Crippen LogP contribution in [0.5, 0.6) is 0 Å². The summed E-state index contributed by atoms with van der Waals surface area (Å²) >= 11 is 0. The van der Waals surface area contributed by atoms with Crippen LogP contribution >= 0.6 is 0 Å². The maximum atomic E-state index is 12.7. The zero-order valence-electron chi connectivity index (χ0n) is 20.6. The molecule has 0 aliphatic carbocycles. The average Bonchev–Trinajstić information content (AvgIpc) is 2.89. The zero-order chi connectivity index (χ0) is 25.7. The van der Waals surface area contributed by atoms with E-state index in [-0.39, 0.29) is 11.8 Å². The van der Waals surface area contributed by atoms with Gasteiger partial charge in [0.1, 0.15) is 6.04 Å². The fourth-order valence-electron chi connectivity index (χ4n) is 3.85. The maximum Gasteiger partial charge on any atom is 0.326 e. The lowest BCUT2D eigenvalue weighted by atomic mass is 9.86. The Morgan fingerprint density at radius 1 is 0.806 bits per heavy atom. The Balaban J connectivity index is 1.42. The summed E-state index contributed by atoms with van der Waals surface area (Å²) in [6.45, 7) is 6.29. The van der Waals surface area contributed by atoms with Crippen LogP contribution in [0.1, 0.15) is 42.3 Å². The zero-order valence-corrected chi connectivity index (χ0v) is 20.6. The molecule has 36 heavy (non-hydrogen) atoms. The van der Waals surface area contributed by atoms with Crippen molar-refractivity contribution in [3.63, 3.8) is 0 Å². The van der Waals surface area contributed by atoms with E-state index in [1.807, 2.05) is 66.7 Å². The molecule has 0 fully saturated rings. The maximum absolute atomic E-state index is 12.7. The van der Waals surface area contributed by atoms with Gasteiger partial charge in [0, 0.05) is 35.5 Å². The number of hydrogen-bond donors (Lipinski definition) is 2. The van der Waals surface area contributed by atoms with Crippen LogP contribution in [0.4, 0.5) is 0 Å². The Kier molecular flexibility index (Phi) is 7.25.